The number of halogens is 1. The highest BCUT2D eigenvalue weighted by Crippen LogP contribution is 2.21. The van der Waals surface area contributed by atoms with E-state index < -0.39 is 36.5 Å². The monoisotopic (exact) mass is 551 g/mol. The van der Waals surface area contributed by atoms with E-state index in [0.717, 1.165) is 19.3 Å². The number of allylic oxidation sites excluding steroid dienone is 1. The second-order valence-electron chi connectivity index (χ2n) is 9.84. The molecule has 0 unspecified atom stereocenters. The Kier molecular flexibility index (Phi) is 16.5. The number of esters is 2. The molecule has 0 aliphatic carbocycles. The van der Waals surface area contributed by atoms with E-state index in [2.05, 4.69) is 16.9 Å². The summed E-state index contributed by atoms with van der Waals surface area (Å²) in [6.45, 7) is 1.77. The number of carbonyl (C=O) groups excluding carboxylic acids is 2. The average Bonchev–Trinajstić information content (AvgIpc) is 2.99. The molecule has 0 aliphatic heterocycles. The number of azide groups is 1. The minimum absolute atomic E-state index is 0.228. The van der Waals surface area contributed by atoms with Gasteiger partial charge in [-0.05, 0) is 48.7 Å². The molecule has 2 rings (SSSR count). The molecule has 0 spiro atoms. The van der Waals surface area contributed by atoms with Gasteiger partial charge in [0.1, 0.15) is 18.5 Å². The Labute approximate surface area is 237 Å². The van der Waals surface area contributed by atoms with Crippen molar-refractivity contribution in [1.82, 2.24) is 0 Å². The normalized spacial score (nSPS) is 12.7. The molecule has 40 heavy (non-hydrogen) atoms. The van der Waals surface area contributed by atoms with Crippen LogP contribution < -0.4 is 0 Å². The Morgan fingerprint density at radius 2 is 1.32 bits per heavy atom. The minimum Gasteiger partial charge on any atom is -0.461 e. The van der Waals surface area contributed by atoms with E-state index >= 15 is 4.39 Å². The number of carbonyl (C=O) groups is 2. The van der Waals surface area contributed by atoms with Crippen LogP contribution >= 0.6 is 0 Å². The molecule has 0 radical (unpaired) electrons. The molecule has 0 saturated carbocycles. The van der Waals surface area contributed by atoms with E-state index in [1.54, 1.807) is 60.7 Å². The zero-order valence-corrected chi connectivity index (χ0v) is 23.6. The van der Waals surface area contributed by atoms with Crippen molar-refractivity contribution in [3.8, 4) is 0 Å². The molecule has 216 valence electrons. The molecular formula is C32H42FN3O4. The average molecular weight is 552 g/mol. The van der Waals surface area contributed by atoms with Crippen molar-refractivity contribution in [3.63, 3.8) is 0 Å². The quantitative estimate of drug-likeness (QED) is 0.0538. The van der Waals surface area contributed by atoms with Gasteiger partial charge in [-0.15, -0.1) is 0 Å². The number of nitrogens with zero attached hydrogens (tertiary/aromatic N) is 3. The lowest BCUT2D eigenvalue weighted by molar-refractivity contribution is 0.0153. The van der Waals surface area contributed by atoms with Crippen LogP contribution in [0.2, 0.25) is 0 Å². The summed E-state index contributed by atoms with van der Waals surface area (Å²) in [4.78, 5) is 27.9. The smallest absolute Gasteiger partial charge is 0.338 e. The Balaban J connectivity index is 1.95. The summed E-state index contributed by atoms with van der Waals surface area (Å²) in [5.74, 6) is -2.15. The molecule has 2 atom stereocenters. The van der Waals surface area contributed by atoms with Crippen LogP contribution in [0.1, 0.15) is 105 Å². The molecule has 2 aromatic carbocycles. The van der Waals surface area contributed by atoms with Crippen molar-refractivity contribution in [2.24, 2.45) is 5.11 Å². The van der Waals surface area contributed by atoms with Crippen LogP contribution in [0.15, 0.2) is 77.7 Å². The van der Waals surface area contributed by atoms with Crippen LogP contribution in [-0.4, -0.2) is 30.7 Å². The van der Waals surface area contributed by atoms with Gasteiger partial charge in [-0.3, -0.25) is 0 Å². The number of benzene rings is 2. The molecule has 0 aliphatic rings. The molecular weight excluding hydrogens is 509 g/mol. The second-order valence-corrected chi connectivity index (χ2v) is 9.84. The van der Waals surface area contributed by atoms with Crippen LogP contribution in [0.4, 0.5) is 4.39 Å². The fourth-order valence-corrected chi connectivity index (χ4v) is 4.31. The first-order valence-corrected chi connectivity index (χ1v) is 14.4. The minimum atomic E-state index is -1.53. The maximum Gasteiger partial charge on any atom is 0.338 e. The third-order valence-corrected chi connectivity index (χ3v) is 6.61. The Morgan fingerprint density at radius 3 is 1.85 bits per heavy atom. The van der Waals surface area contributed by atoms with Gasteiger partial charge in [0, 0.05) is 4.91 Å². The fraction of sp³-hybridized carbons (Fsp3) is 0.500. The lowest BCUT2D eigenvalue weighted by Gasteiger charge is -2.22. The lowest BCUT2D eigenvalue weighted by Crippen LogP contribution is -2.35. The van der Waals surface area contributed by atoms with Gasteiger partial charge in [-0.1, -0.05) is 113 Å². The topological polar surface area (TPSA) is 101 Å². The Bertz CT molecular complexity index is 1070. The van der Waals surface area contributed by atoms with Gasteiger partial charge in [0.25, 0.3) is 0 Å². The maximum atomic E-state index is 15.4. The molecule has 0 heterocycles. The van der Waals surface area contributed by atoms with E-state index in [1.165, 1.54) is 57.4 Å². The SMILES string of the molecule is CCCCCCCCCCCCC/C=C(\F)[C@@H](OC(=O)c1ccccc1)[C@H](COC(=O)c1ccccc1)N=[N+]=[N-]. The van der Waals surface area contributed by atoms with Gasteiger partial charge in [-0.2, -0.15) is 0 Å². The van der Waals surface area contributed by atoms with Gasteiger partial charge in [0.2, 0.25) is 0 Å². The molecule has 7 nitrogen and oxygen atoms in total. The van der Waals surface area contributed by atoms with Crippen molar-refractivity contribution in [1.29, 1.82) is 0 Å². The molecule has 8 heteroatoms. The molecule has 0 aromatic heterocycles. The summed E-state index contributed by atoms with van der Waals surface area (Å²) < 4.78 is 26.2. The molecule has 0 amide bonds. The zero-order valence-electron chi connectivity index (χ0n) is 23.6. The van der Waals surface area contributed by atoms with E-state index in [9.17, 15) is 9.59 Å². The van der Waals surface area contributed by atoms with Crippen LogP contribution in [-0.2, 0) is 9.47 Å². The predicted octanol–water partition coefficient (Wildman–Crippen LogP) is 9.30. The highest BCUT2D eigenvalue weighted by atomic mass is 19.1. The van der Waals surface area contributed by atoms with E-state index in [-0.39, 0.29) is 5.56 Å². The first kappa shape index (κ1) is 32.6. The van der Waals surface area contributed by atoms with Crippen molar-refractivity contribution in [2.75, 3.05) is 6.61 Å². The number of unbranched alkanes of at least 4 members (excludes halogenated alkanes) is 11. The van der Waals surface area contributed by atoms with Gasteiger partial charge in [-0.25, -0.2) is 14.0 Å². The van der Waals surface area contributed by atoms with Gasteiger partial charge in [0.15, 0.2) is 6.10 Å². The lowest BCUT2D eigenvalue weighted by atomic mass is 10.0. The molecule has 0 bridgehead atoms. The van der Waals surface area contributed by atoms with Crippen LogP contribution in [0.3, 0.4) is 0 Å². The van der Waals surface area contributed by atoms with Gasteiger partial charge in [0.05, 0.1) is 11.1 Å². The van der Waals surface area contributed by atoms with E-state index in [1.807, 2.05) is 0 Å². The summed E-state index contributed by atoms with van der Waals surface area (Å²) in [7, 11) is 0. The third-order valence-electron chi connectivity index (χ3n) is 6.61. The van der Waals surface area contributed by atoms with Crippen molar-refractivity contribution >= 4 is 11.9 Å². The van der Waals surface area contributed by atoms with Crippen molar-refractivity contribution in [2.45, 2.75) is 96.1 Å². The maximum absolute atomic E-state index is 15.4. The second kappa shape index (κ2) is 20.3. The standard InChI is InChI=1S/C32H42FN3O4/c1-2-3-4-5-6-7-8-9-10-11-12-19-24-28(33)30(40-32(38)27-22-17-14-18-23-27)29(35-36-34)25-39-31(37)26-20-15-13-16-21-26/h13-18,20-24,29-30H,2-12,19,25H2,1H3/b28-24-/t29-,30+/m0/s1. The van der Waals surface area contributed by atoms with Crippen LogP contribution in [0, 0.1) is 0 Å². The summed E-state index contributed by atoms with van der Waals surface area (Å²) in [5, 5.41) is 3.61. The number of hydrogen-bond acceptors (Lipinski definition) is 5. The van der Waals surface area contributed by atoms with Crippen LogP contribution in [0.5, 0.6) is 0 Å². The van der Waals surface area contributed by atoms with Gasteiger partial charge < -0.3 is 9.47 Å². The number of rotatable bonds is 20. The highest BCUT2D eigenvalue weighted by molar-refractivity contribution is 5.90. The highest BCUT2D eigenvalue weighted by Gasteiger charge is 2.30. The zero-order chi connectivity index (χ0) is 28.8. The fourth-order valence-electron chi connectivity index (χ4n) is 4.31. The first-order chi connectivity index (χ1) is 19.6. The van der Waals surface area contributed by atoms with E-state index in [4.69, 9.17) is 15.0 Å². The summed E-state index contributed by atoms with van der Waals surface area (Å²) >= 11 is 0. The molecule has 0 fully saturated rings. The van der Waals surface area contributed by atoms with Crippen LogP contribution in [0.25, 0.3) is 10.4 Å². The molecule has 2 aromatic rings. The third kappa shape index (κ3) is 12.9. The number of hydrogen-bond donors (Lipinski definition) is 0. The van der Waals surface area contributed by atoms with Gasteiger partial charge >= 0.3 is 11.9 Å². The first-order valence-electron chi connectivity index (χ1n) is 14.4. The molecule has 0 N–H and O–H groups in total. The van der Waals surface area contributed by atoms with Crippen molar-refractivity contribution < 1.29 is 23.5 Å². The molecule has 0 saturated heterocycles. The predicted molar refractivity (Wildman–Crippen MR) is 156 cm³/mol. The Morgan fingerprint density at radius 1 is 0.825 bits per heavy atom. The Hall–Kier alpha value is -3.64. The van der Waals surface area contributed by atoms with Crippen molar-refractivity contribution in [3.05, 3.63) is 94.1 Å². The number of ether oxygens (including phenoxy) is 2. The van der Waals surface area contributed by atoms with E-state index in [0.29, 0.717) is 12.0 Å². The largest absolute Gasteiger partial charge is 0.461 e. The summed E-state index contributed by atoms with van der Waals surface area (Å²) in [6, 6.07) is 15.2. The summed E-state index contributed by atoms with van der Waals surface area (Å²) in [6.07, 6.45) is 13.3. The summed E-state index contributed by atoms with van der Waals surface area (Å²) in [5.41, 5.74) is 9.65.